The van der Waals surface area contributed by atoms with Crippen LogP contribution in [0.25, 0.3) is 28.2 Å². The van der Waals surface area contributed by atoms with Crippen LogP contribution in [0.1, 0.15) is 0 Å². The summed E-state index contributed by atoms with van der Waals surface area (Å²) in [6, 6.07) is 13.5. The van der Waals surface area contributed by atoms with Gasteiger partial charge in [-0.1, -0.05) is 23.7 Å². The van der Waals surface area contributed by atoms with E-state index in [0.717, 1.165) is 39.7 Å². The zero-order valence-electron chi connectivity index (χ0n) is 13.0. The van der Waals surface area contributed by atoms with Gasteiger partial charge in [-0.15, -0.1) is 0 Å². The molecule has 2 aromatic carbocycles. The van der Waals surface area contributed by atoms with E-state index >= 15 is 0 Å². The fraction of sp³-hybridized carbons (Fsp3) is 0.0526. The Bertz CT molecular complexity index is 1110. The fourth-order valence-electron chi connectivity index (χ4n) is 2.96. The third-order valence-electron chi connectivity index (χ3n) is 4.18. The summed E-state index contributed by atoms with van der Waals surface area (Å²) in [6.07, 6.45) is 5.55. The molecule has 3 heterocycles. The van der Waals surface area contributed by atoms with Crippen LogP contribution >= 0.6 is 11.6 Å². The van der Waals surface area contributed by atoms with Crippen molar-refractivity contribution in [3.63, 3.8) is 0 Å². The summed E-state index contributed by atoms with van der Waals surface area (Å²) in [7, 11) is 0. The molecule has 0 amide bonds. The highest BCUT2D eigenvalue weighted by molar-refractivity contribution is 6.30. The lowest BCUT2D eigenvalue weighted by atomic mass is 10.1. The number of ether oxygens (including phenoxy) is 2. The summed E-state index contributed by atoms with van der Waals surface area (Å²) in [5.74, 6) is 1.51. The van der Waals surface area contributed by atoms with Gasteiger partial charge in [0.2, 0.25) is 6.79 Å². The average Bonchev–Trinajstić information content (AvgIpc) is 3.27. The van der Waals surface area contributed by atoms with E-state index in [1.807, 2.05) is 59.3 Å². The van der Waals surface area contributed by atoms with Gasteiger partial charge in [0, 0.05) is 22.3 Å². The molecule has 0 unspecified atom stereocenters. The SMILES string of the molecule is Clc1cccc(-c2cn3c(-c4ccc5c(c4)OCO5)cnc3cn2)c1. The molecule has 0 N–H and O–H groups in total. The van der Waals surface area contributed by atoms with Crippen LogP contribution in [0.15, 0.2) is 61.1 Å². The van der Waals surface area contributed by atoms with Crippen molar-refractivity contribution in [2.45, 2.75) is 0 Å². The average molecular weight is 350 g/mol. The molecule has 0 saturated heterocycles. The van der Waals surface area contributed by atoms with E-state index in [2.05, 4.69) is 9.97 Å². The van der Waals surface area contributed by atoms with Crippen LogP contribution in [0.5, 0.6) is 11.5 Å². The van der Waals surface area contributed by atoms with Gasteiger partial charge in [0.05, 0.1) is 23.8 Å². The second-order valence-electron chi connectivity index (χ2n) is 5.72. The van der Waals surface area contributed by atoms with Crippen molar-refractivity contribution in [3.8, 4) is 34.0 Å². The molecule has 5 rings (SSSR count). The molecule has 1 aliphatic heterocycles. The van der Waals surface area contributed by atoms with E-state index in [0.29, 0.717) is 5.02 Å². The molecule has 0 spiro atoms. The van der Waals surface area contributed by atoms with Crippen LogP contribution in [-0.2, 0) is 0 Å². The topological polar surface area (TPSA) is 48.7 Å². The number of fused-ring (bicyclic) bond motifs is 2. The number of hydrogen-bond acceptors (Lipinski definition) is 4. The van der Waals surface area contributed by atoms with Crippen LogP contribution in [0.2, 0.25) is 5.02 Å². The van der Waals surface area contributed by atoms with Crippen molar-refractivity contribution in [3.05, 3.63) is 66.1 Å². The molecular weight excluding hydrogens is 338 g/mol. The lowest BCUT2D eigenvalue weighted by Gasteiger charge is -2.06. The second kappa shape index (κ2) is 5.50. The minimum Gasteiger partial charge on any atom is -0.454 e. The number of imidazole rings is 1. The smallest absolute Gasteiger partial charge is 0.231 e. The van der Waals surface area contributed by atoms with Crippen LogP contribution in [-0.4, -0.2) is 21.2 Å². The predicted octanol–water partition coefficient (Wildman–Crippen LogP) is 4.45. The van der Waals surface area contributed by atoms with E-state index < -0.39 is 0 Å². The third-order valence-corrected chi connectivity index (χ3v) is 4.42. The molecule has 1 aliphatic rings. The summed E-state index contributed by atoms with van der Waals surface area (Å²) in [5, 5.41) is 0.682. The maximum Gasteiger partial charge on any atom is 0.231 e. The van der Waals surface area contributed by atoms with Gasteiger partial charge in [0.25, 0.3) is 0 Å². The Hall–Kier alpha value is -3.05. The Kier molecular flexibility index (Phi) is 3.15. The fourth-order valence-corrected chi connectivity index (χ4v) is 3.15. The molecule has 0 fully saturated rings. The third kappa shape index (κ3) is 2.40. The highest BCUT2D eigenvalue weighted by Gasteiger charge is 2.16. The van der Waals surface area contributed by atoms with Gasteiger partial charge in [-0.2, -0.15) is 0 Å². The molecule has 122 valence electrons. The molecule has 0 saturated carbocycles. The van der Waals surface area contributed by atoms with Crippen molar-refractivity contribution in [1.29, 1.82) is 0 Å². The lowest BCUT2D eigenvalue weighted by molar-refractivity contribution is 0.174. The monoisotopic (exact) mass is 349 g/mol. The normalized spacial score (nSPS) is 12.7. The standard InChI is InChI=1S/C19H12ClN3O2/c20-14-3-1-2-12(6-14)15-10-23-16(8-22-19(23)9-21-15)13-4-5-17-18(7-13)25-11-24-17/h1-10H,11H2. The highest BCUT2D eigenvalue weighted by Crippen LogP contribution is 2.36. The van der Waals surface area contributed by atoms with Crippen LogP contribution < -0.4 is 9.47 Å². The maximum absolute atomic E-state index is 6.10. The van der Waals surface area contributed by atoms with Crippen LogP contribution in [0, 0.1) is 0 Å². The molecule has 2 aromatic heterocycles. The number of halogens is 1. The Balaban J connectivity index is 1.66. The van der Waals surface area contributed by atoms with Gasteiger partial charge in [-0.3, -0.25) is 9.38 Å². The number of rotatable bonds is 2. The van der Waals surface area contributed by atoms with Gasteiger partial charge < -0.3 is 9.47 Å². The molecule has 0 radical (unpaired) electrons. The van der Waals surface area contributed by atoms with Crippen molar-refractivity contribution in [2.75, 3.05) is 6.79 Å². The first-order valence-electron chi connectivity index (χ1n) is 7.77. The maximum atomic E-state index is 6.10. The van der Waals surface area contributed by atoms with E-state index in [1.54, 1.807) is 6.20 Å². The summed E-state index contributed by atoms with van der Waals surface area (Å²) >= 11 is 6.10. The van der Waals surface area contributed by atoms with Gasteiger partial charge in [0.15, 0.2) is 17.1 Å². The van der Waals surface area contributed by atoms with E-state index in [-0.39, 0.29) is 6.79 Å². The summed E-state index contributed by atoms with van der Waals surface area (Å²) in [4.78, 5) is 8.94. The van der Waals surface area contributed by atoms with E-state index in [4.69, 9.17) is 21.1 Å². The summed E-state index contributed by atoms with van der Waals surface area (Å²) in [5.41, 5.74) is 4.52. The van der Waals surface area contributed by atoms with Gasteiger partial charge in [0.1, 0.15) is 0 Å². The highest BCUT2D eigenvalue weighted by atomic mass is 35.5. The molecule has 4 aromatic rings. The number of hydrogen-bond donors (Lipinski definition) is 0. The lowest BCUT2D eigenvalue weighted by Crippen LogP contribution is -1.93. The molecular formula is C19H12ClN3O2. The minimum atomic E-state index is 0.259. The number of nitrogens with zero attached hydrogens (tertiary/aromatic N) is 3. The number of benzene rings is 2. The summed E-state index contributed by atoms with van der Waals surface area (Å²) in [6.45, 7) is 0.259. The first kappa shape index (κ1) is 14.3. The van der Waals surface area contributed by atoms with E-state index in [9.17, 15) is 0 Å². The Labute approximate surface area is 148 Å². The zero-order chi connectivity index (χ0) is 16.8. The molecule has 6 heteroatoms. The quantitative estimate of drug-likeness (QED) is 0.536. The molecule has 0 aliphatic carbocycles. The molecule has 0 bridgehead atoms. The Morgan fingerprint density at radius 1 is 0.920 bits per heavy atom. The Morgan fingerprint density at radius 3 is 2.76 bits per heavy atom. The van der Waals surface area contributed by atoms with Gasteiger partial charge >= 0.3 is 0 Å². The van der Waals surface area contributed by atoms with Crippen molar-refractivity contribution in [1.82, 2.24) is 14.4 Å². The van der Waals surface area contributed by atoms with Crippen LogP contribution in [0.4, 0.5) is 0 Å². The predicted molar refractivity (Wildman–Crippen MR) is 95.0 cm³/mol. The van der Waals surface area contributed by atoms with Gasteiger partial charge in [-0.25, -0.2) is 4.98 Å². The zero-order valence-corrected chi connectivity index (χ0v) is 13.8. The van der Waals surface area contributed by atoms with Crippen molar-refractivity contribution >= 4 is 17.2 Å². The molecule has 5 nitrogen and oxygen atoms in total. The second-order valence-corrected chi connectivity index (χ2v) is 6.16. The van der Waals surface area contributed by atoms with E-state index in [1.165, 1.54) is 0 Å². The largest absolute Gasteiger partial charge is 0.454 e. The number of aromatic nitrogens is 3. The Morgan fingerprint density at radius 2 is 1.84 bits per heavy atom. The molecule has 0 atom stereocenters. The first-order chi connectivity index (χ1) is 12.3. The van der Waals surface area contributed by atoms with Crippen molar-refractivity contribution in [2.24, 2.45) is 0 Å². The van der Waals surface area contributed by atoms with Crippen LogP contribution in [0.3, 0.4) is 0 Å². The first-order valence-corrected chi connectivity index (χ1v) is 8.15. The van der Waals surface area contributed by atoms with Crippen molar-refractivity contribution < 1.29 is 9.47 Å². The summed E-state index contributed by atoms with van der Waals surface area (Å²) < 4.78 is 12.9. The minimum absolute atomic E-state index is 0.259. The molecule has 25 heavy (non-hydrogen) atoms. The van der Waals surface area contributed by atoms with Gasteiger partial charge in [-0.05, 0) is 30.3 Å².